The molecule has 176 valence electrons. The summed E-state index contributed by atoms with van der Waals surface area (Å²) < 4.78 is 7.36. The summed E-state index contributed by atoms with van der Waals surface area (Å²) in [6.07, 6.45) is 4.85. The van der Waals surface area contributed by atoms with Gasteiger partial charge in [0.25, 0.3) is 11.5 Å². The van der Waals surface area contributed by atoms with Gasteiger partial charge in [0.05, 0.1) is 29.3 Å². The van der Waals surface area contributed by atoms with Gasteiger partial charge in [0.15, 0.2) is 0 Å². The van der Waals surface area contributed by atoms with E-state index in [-0.39, 0.29) is 23.1 Å². The summed E-state index contributed by atoms with van der Waals surface area (Å²) in [6, 6.07) is 16.8. The second-order valence-corrected chi connectivity index (χ2v) is 9.81. The fraction of sp³-hybridized carbons (Fsp3) is 0.154. The first-order chi connectivity index (χ1) is 16.9. The van der Waals surface area contributed by atoms with E-state index in [4.69, 9.17) is 21.6 Å². The second kappa shape index (κ2) is 9.52. The molecule has 5 rings (SSSR count). The normalized spacial score (nSPS) is 15.8. The standard InChI is InChI=1S/C26H22N4O3S2/c1-16-8-6-12-29-23(16)28-22(27-15-19-11-7-13-33-19)20(24(29)31)14-21-25(32)30(26(34)35-21)17(2)18-9-4-3-5-10-18/h3-14,17,27H,15H2,1-2H3/b21-14-. The third-order valence-electron chi connectivity index (χ3n) is 5.86. The van der Waals surface area contributed by atoms with Gasteiger partial charge in [-0.2, -0.15) is 0 Å². The highest BCUT2D eigenvalue weighted by Crippen LogP contribution is 2.38. The molecule has 35 heavy (non-hydrogen) atoms. The molecule has 1 unspecified atom stereocenters. The zero-order valence-corrected chi connectivity index (χ0v) is 20.7. The number of benzene rings is 1. The number of furan rings is 1. The fourth-order valence-corrected chi connectivity index (χ4v) is 5.39. The summed E-state index contributed by atoms with van der Waals surface area (Å²) in [5, 5.41) is 3.21. The molecule has 0 saturated carbocycles. The van der Waals surface area contributed by atoms with E-state index in [1.54, 1.807) is 35.6 Å². The van der Waals surface area contributed by atoms with Crippen molar-refractivity contribution in [1.82, 2.24) is 14.3 Å². The van der Waals surface area contributed by atoms with Crippen molar-refractivity contribution in [3.05, 3.63) is 105 Å². The lowest BCUT2D eigenvalue weighted by Gasteiger charge is -2.23. The summed E-state index contributed by atoms with van der Waals surface area (Å²) in [4.78, 5) is 33.6. The molecule has 9 heteroatoms. The van der Waals surface area contributed by atoms with Gasteiger partial charge in [0, 0.05) is 6.20 Å². The van der Waals surface area contributed by atoms with Crippen molar-refractivity contribution >= 4 is 51.7 Å². The molecular formula is C26H22N4O3S2. The fourth-order valence-electron chi connectivity index (χ4n) is 3.99. The summed E-state index contributed by atoms with van der Waals surface area (Å²) in [5.74, 6) is 0.842. The van der Waals surface area contributed by atoms with Crippen molar-refractivity contribution in [2.24, 2.45) is 0 Å². The SMILES string of the molecule is Cc1cccn2c(=O)c(/C=C3\SC(=S)N(C(C)c4ccccc4)C3=O)c(NCc3ccco3)nc12. The minimum Gasteiger partial charge on any atom is -0.467 e. The van der Waals surface area contributed by atoms with E-state index in [0.29, 0.717) is 33.0 Å². The number of hydrogen-bond donors (Lipinski definition) is 1. The topological polar surface area (TPSA) is 79.9 Å². The molecule has 1 fully saturated rings. The molecule has 1 amide bonds. The Morgan fingerprint density at radius 2 is 1.94 bits per heavy atom. The summed E-state index contributed by atoms with van der Waals surface area (Å²) in [5.41, 5.74) is 2.39. The Bertz CT molecular complexity index is 1510. The molecule has 3 aromatic heterocycles. The van der Waals surface area contributed by atoms with Gasteiger partial charge in [-0.1, -0.05) is 60.4 Å². The van der Waals surface area contributed by atoms with Crippen LogP contribution >= 0.6 is 24.0 Å². The Balaban J connectivity index is 1.56. The van der Waals surface area contributed by atoms with Gasteiger partial charge in [-0.05, 0) is 49.2 Å². The highest BCUT2D eigenvalue weighted by Gasteiger charge is 2.36. The predicted molar refractivity (Wildman–Crippen MR) is 142 cm³/mol. The predicted octanol–water partition coefficient (Wildman–Crippen LogP) is 5.17. The lowest BCUT2D eigenvalue weighted by atomic mass is 10.1. The lowest BCUT2D eigenvalue weighted by molar-refractivity contribution is -0.123. The quantitative estimate of drug-likeness (QED) is 0.288. The molecule has 7 nitrogen and oxygen atoms in total. The van der Waals surface area contributed by atoms with E-state index < -0.39 is 0 Å². The molecule has 0 spiro atoms. The van der Waals surface area contributed by atoms with Gasteiger partial charge in [-0.25, -0.2) is 4.98 Å². The number of hydrogen-bond acceptors (Lipinski definition) is 7. The molecule has 0 radical (unpaired) electrons. The number of rotatable bonds is 6. The number of pyridine rings is 1. The van der Waals surface area contributed by atoms with Crippen LogP contribution in [0.3, 0.4) is 0 Å². The molecule has 1 aliphatic heterocycles. The monoisotopic (exact) mass is 502 g/mol. The van der Waals surface area contributed by atoms with Crippen LogP contribution in [-0.2, 0) is 11.3 Å². The van der Waals surface area contributed by atoms with Gasteiger partial charge in [-0.3, -0.25) is 18.9 Å². The van der Waals surface area contributed by atoms with Gasteiger partial charge in [0.2, 0.25) is 0 Å². The maximum absolute atomic E-state index is 13.5. The molecule has 1 N–H and O–H groups in total. The van der Waals surface area contributed by atoms with Crippen LogP contribution in [0.2, 0.25) is 0 Å². The number of amides is 1. The second-order valence-electron chi connectivity index (χ2n) is 8.14. The van der Waals surface area contributed by atoms with Crippen LogP contribution in [0.5, 0.6) is 0 Å². The maximum Gasteiger partial charge on any atom is 0.267 e. The first kappa shape index (κ1) is 23.1. The van der Waals surface area contributed by atoms with Crippen molar-refractivity contribution in [2.75, 3.05) is 5.32 Å². The number of carbonyl (C=O) groups excluding carboxylic acids is 1. The summed E-state index contributed by atoms with van der Waals surface area (Å²) in [7, 11) is 0. The number of nitrogens with one attached hydrogen (secondary N) is 1. The van der Waals surface area contributed by atoms with Gasteiger partial charge >= 0.3 is 0 Å². The Hall–Kier alpha value is -3.69. The largest absolute Gasteiger partial charge is 0.467 e. The van der Waals surface area contributed by atoms with Crippen LogP contribution in [0.25, 0.3) is 11.7 Å². The van der Waals surface area contributed by atoms with E-state index in [9.17, 15) is 9.59 Å². The smallest absolute Gasteiger partial charge is 0.267 e. The minimum absolute atomic E-state index is 0.232. The molecule has 4 heterocycles. The van der Waals surface area contributed by atoms with Gasteiger partial charge in [-0.15, -0.1) is 0 Å². The van der Waals surface area contributed by atoms with Crippen LogP contribution in [-0.4, -0.2) is 24.5 Å². The zero-order chi connectivity index (χ0) is 24.5. The van der Waals surface area contributed by atoms with Crippen molar-refractivity contribution in [3.8, 4) is 0 Å². The number of carbonyl (C=O) groups is 1. The number of fused-ring (bicyclic) bond motifs is 1. The minimum atomic E-state index is -0.276. The number of aryl methyl sites for hydroxylation is 1. The van der Waals surface area contributed by atoms with E-state index >= 15 is 0 Å². The number of thiocarbonyl (C=S) groups is 1. The Labute approximate surface area is 211 Å². The zero-order valence-electron chi connectivity index (χ0n) is 19.1. The van der Waals surface area contributed by atoms with Gasteiger partial charge in [0.1, 0.15) is 21.5 Å². The van der Waals surface area contributed by atoms with E-state index in [2.05, 4.69) is 5.32 Å². The number of thioether (sulfide) groups is 1. The molecule has 0 aliphatic carbocycles. The van der Waals surface area contributed by atoms with Crippen LogP contribution < -0.4 is 10.9 Å². The molecule has 1 saturated heterocycles. The van der Waals surface area contributed by atoms with Crippen molar-refractivity contribution < 1.29 is 9.21 Å². The lowest BCUT2D eigenvalue weighted by Crippen LogP contribution is -2.31. The molecule has 0 bridgehead atoms. The Morgan fingerprint density at radius 1 is 1.14 bits per heavy atom. The number of aromatic nitrogens is 2. The summed E-state index contributed by atoms with van der Waals surface area (Å²) in [6.45, 7) is 4.18. The van der Waals surface area contributed by atoms with Crippen LogP contribution in [0, 0.1) is 6.92 Å². The third-order valence-corrected chi connectivity index (χ3v) is 7.19. The van der Waals surface area contributed by atoms with Crippen LogP contribution in [0.15, 0.2) is 81.2 Å². The number of nitrogens with zero attached hydrogens (tertiary/aromatic N) is 3. The molecule has 1 aliphatic rings. The van der Waals surface area contributed by atoms with Crippen molar-refractivity contribution in [3.63, 3.8) is 0 Å². The Morgan fingerprint density at radius 3 is 2.69 bits per heavy atom. The molecule has 4 aromatic rings. The molecular weight excluding hydrogens is 480 g/mol. The first-order valence-electron chi connectivity index (χ1n) is 11.0. The first-order valence-corrected chi connectivity index (χ1v) is 12.3. The number of anilines is 1. The van der Waals surface area contributed by atoms with Crippen molar-refractivity contribution in [1.29, 1.82) is 0 Å². The van der Waals surface area contributed by atoms with Gasteiger partial charge < -0.3 is 9.73 Å². The third kappa shape index (κ3) is 4.40. The van der Waals surface area contributed by atoms with Crippen LogP contribution in [0.1, 0.15) is 35.4 Å². The maximum atomic E-state index is 13.5. The van der Waals surface area contributed by atoms with Crippen molar-refractivity contribution in [2.45, 2.75) is 26.4 Å². The van der Waals surface area contributed by atoms with Crippen LogP contribution in [0.4, 0.5) is 5.82 Å². The average Bonchev–Trinajstić information content (AvgIpc) is 3.48. The highest BCUT2D eigenvalue weighted by molar-refractivity contribution is 8.26. The van der Waals surface area contributed by atoms with E-state index in [1.165, 1.54) is 16.2 Å². The van der Waals surface area contributed by atoms with E-state index in [1.807, 2.05) is 56.3 Å². The average molecular weight is 503 g/mol. The summed E-state index contributed by atoms with van der Waals surface area (Å²) >= 11 is 6.74. The molecule has 1 aromatic carbocycles. The van der Waals surface area contributed by atoms with E-state index in [0.717, 1.165) is 11.1 Å². The molecule has 1 atom stereocenters. The highest BCUT2D eigenvalue weighted by atomic mass is 32.2. The Kier molecular flexibility index (Phi) is 6.27.